The van der Waals surface area contributed by atoms with Crippen LogP contribution in [-0.4, -0.2) is 14.1 Å². The maximum absolute atomic E-state index is 4.50. The molecule has 0 unspecified atom stereocenters. The van der Waals surface area contributed by atoms with Gasteiger partial charge in [0, 0.05) is 0 Å². The predicted octanol–water partition coefficient (Wildman–Crippen LogP) is 7.38. The highest BCUT2D eigenvalue weighted by atomic mass is 14.4. The molecule has 0 aliphatic rings. The van der Waals surface area contributed by atoms with E-state index in [1.807, 2.05) is 27.7 Å². The average molecular weight is 403 g/mol. The van der Waals surface area contributed by atoms with E-state index in [9.17, 15) is 0 Å². The summed E-state index contributed by atoms with van der Waals surface area (Å²) in [6.45, 7) is 8.00. The van der Waals surface area contributed by atoms with E-state index in [4.69, 9.17) is 0 Å². The van der Waals surface area contributed by atoms with Crippen molar-refractivity contribution in [1.82, 2.24) is 0 Å². The Morgan fingerprint density at radius 2 is 0.667 bits per heavy atom. The summed E-state index contributed by atoms with van der Waals surface area (Å²) in [4.78, 5) is 0. The van der Waals surface area contributed by atoms with Crippen LogP contribution in [0.5, 0.6) is 0 Å². The van der Waals surface area contributed by atoms with Gasteiger partial charge in [-0.3, -0.25) is 0 Å². The Balaban J connectivity index is 0.000000948. The quantitative estimate of drug-likeness (QED) is 0.367. The molecule has 30 heavy (non-hydrogen) atoms. The summed E-state index contributed by atoms with van der Waals surface area (Å²) < 4.78 is 0. The van der Waals surface area contributed by atoms with E-state index in [1.54, 1.807) is 0 Å². The van der Waals surface area contributed by atoms with Gasteiger partial charge in [-0.15, -0.1) is 0 Å². The minimum atomic E-state index is 1.26. The standard InChI is InChI=1S/C22H16.2C2H6.2CH5N/c1-3-9-17(10-4-1)19-13-7-16-22-20(14-8-15-21(19)22)18-11-5-2-6-12-18;4*1-2/h1-16H;2*1-2H3;2*2H2,1H3. The van der Waals surface area contributed by atoms with Crippen molar-refractivity contribution in [3.63, 3.8) is 0 Å². The van der Waals surface area contributed by atoms with Crippen molar-refractivity contribution in [2.75, 3.05) is 14.1 Å². The molecule has 0 bridgehead atoms. The summed E-state index contributed by atoms with van der Waals surface area (Å²) in [7, 11) is 3.00. The second-order valence-electron chi connectivity index (χ2n) is 5.44. The molecule has 4 aromatic rings. The monoisotopic (exact) mass is 402 g/mol. The first kappa shape index (κ1) is 27.1. The molecule has 0 aromatic heterocycles. The first-order valence-corrected chi connectivity index (χ1v) is 10.7. The molecule has 0 fully saturated rings. The predicted molar refractivity (Wildman–Crippen MR) is 138 cm³/mol. The zero-order valence-electron chi connectivity index (χ0n) is 19.4. The Labute approximate surface area is 183 Å². The summed E-state index contributed by atoms with van der Waals surface area (Å²) in [6, 6.07) is 34.3. The first-order chi connectivity index (χ1) is 14.9. The van der Waals surface area contributed by atoms with Gasteiger partial charge in [0.1, 0.15) is 0 Å². The summed E-state index contributed by atoms with van der Waals surface area (Å²) in [5.41, 5.74) is 14.1. The fraction of sp³-hybridized carbons (Fsp3) is 0.214. The van der Waals surface area contributed by atoms with Gasteiger partial charge in [-0.2, -0.15) is 0 Å². The normalized spacial score (nSPS) is 8.67. The number of rotatable bonds is 2. The van der Waals surface area contributed by atoms with Crippen molar-refractivity contribution in [2.24, 2.45) is 11.5 Å². The van der Waals surface area contributed by atoms with Crippen molar-refractivity contribution in [3.05, 3.63) is 97.1 Å². The van der Waals surface area contributed by atoms with Crippen LogP contribution in [0.3, 0.4) is 0 Å². The van der Waals surface area contributed by atoms with Crippen molar-refractivity contribution in [1.29, 1.82) is 0 Å². The van der Waals surface area contributed by atoms with Gasteiger partial charge >= 0.3 is 0 Å². The molecular formula is C28H38N2. The summed E-state index contributed by atoms with van der Waals surface area (Å²) in [5.74, 6) is 0. The molecular weight excluding hydrogens is 364 g/mol. The highest BCUT2D eigenvalue weighted by Crippen LogP contribution is 2.34. The second-order valence-corrected chi connectivity index (χ2v) is 5.44. The Morgan fingerprint density at radius 1 is 0.367 bits per heavy atom. The zero-order valence-corrected chi connectivity index (χ0v) is 19.4. The van der Waals surface area contributed by atoms with E-state index < -0.39 is 0 Å². The maximum atomic E-state index is 4.50. The Morgan fingerprint density at radius 3 is 0.967 bits per heavy atom. The van der Waals surface area contributed by atoms with E-state index in [2.05, 4.69) is 109 Å². The number of hydrogen-bond acceptors (Lipinski definition) is 2. The molecule has 0 saturated carbocycles. The van der Waals surface area contributed by atoms with E-state index >= 15 is 0 Å². The van der Waals surface area contributed by atoms with Gasteiger partial charge in [0.15, 0.2) is 0 Å². The van der Waals surface area contributed by atoms with Gasteiger partial charge in [0.05, 0.1) is 0 Å². The smallest absolute Gasteiger partial charge is 0.00992 e. The number of fused-ring (bicyclic) bond motifs is 1. The van der Waals surface area contributed by atoms with Crippen LogP contribution in [0.1, 0.15) is 27.7 Å². The number of benzene rings is 4. The van der Waals surface area contributed by atoms with Crippen LogP contribution < -0.4 is 11.5 Å². The third-order valence-electron chi connectivity index (χ3n) is 4.09. The molecule has 4 aromatic carbocycles. The lowest BCUT2D eigenvalue weighted by Crippen LogP contribution is -1.84. The third kappa shape index (κ3) is 7.14. The fourth-order valence-electron chi connectivity index (χ4n) is 3.05. The van der Waals surface area contributed by atoms with Crippen molar-refractivity contribution in [3.8, 4) is 22.3 Å². The summed E-state index contributed by atoms with van der Waals surface area (Å²) in [5, 5.41) is 2.60. The lowest BCUT2D eigenvalue weighted by atomic mass is 9.93. The highest BCUT2D eigenvalue weighted by molar-refractivity contribution is 6.04. The lowest BCUT2D eigenvalue weighted by molar-refractivity contribution is 1.48. The molecule has 0 aliphatic carbocycles. The van der Waals surface area contributed by atoms with Crippen molar-refractivity contribution >= 4 is 10.8 Å². The molecule has 160 valence electrons. The Bertz CT molecular complexity index is 838. The van der Waals surface area contributed by atoms with Gasteiger partial charge < -0.3 is 11.5 Å². The number of hydrogen-bond donors (Lipinski definition) is 2. The lowest BCUT2D eigenvalue weighted by Gasteiger charge is -2.11. The zero-order chi connectivity index (χ0) is 22.8. The largest absolute Gasteiger partial charge is 0.333 e. The third-order valence-corrected chi connectivity index (χ3v) is 4.09. The van der Waals surface area contributed by atoms with Gasteiger partial charge in [0.2, 0.25) is 0 Å². The van der Waals surface area contributed by atoms with Crippen LogP contribution in [0.2, 0.25) is 0 Å². The fourth-order valence-corrected chi connectivity index (χ4v) is 3.05. The highest BCUT2D eigenvalue weighted by Gasteiger charge is 2.07. The van der Waals surface area contributed by atoms with E-state index in [0.717, 1.165) is 0 Å². The molecule has 0 heterocycles. The molecule has 4 N–H and O–H groups in total. The number of nitrogens with two attached hydrogens (primary N) is 2. The van der Waals surface area contributed by atoms with Crippen LogP contribution >= 0.6 is 0 Å². The average Bonchev–Trinajstić information content (AvgIpc) is 2.89. The van der Waals surface area contributed by atoms with Crippen LogP contribution in [0.15, 0.2) is 97.1 Å². The molecule has 4 rings (SSSR count). The van der Waals surface area contributed by atoms with E-state index in [1.165, 1.54) is 47.1 Å². The van der Waals surface area contributed by atoms with Gasteiger partial charge in [-0.25, -0.2) is 0 Å². The van der Waals surface area contributed by atoms with Crippen molar-refractivity contribution in [2.45, 2.75) is 27.7 Å². The second kappa shape index (κ2) is 17.0. The molecule has 0 spiro atoms. The van der Waals surface area contributed by atoms with E-state index in [0.29, 0.717) is 0 Å². The van der Waals surface area contributed by atoms with Crippen LogP contribution in [0.4, 0.5) is 0 Å². The molecule has 0 atom stereocenters. The Hall–Kier alpha value is -2.94. The summed E-state index contributed by atoms with van der Waals surface area (Å²) in [6.07, 6.45) is 0. The molecule has 0 saturated heterocycles. The minimum Gasteiger partial charge on any atom is -0.333 e. The summed E-state index contributed by atoms with van der Waals surface area (Å²) >= 11 is 0. The van der Waals surface area contributed by atoms with Crippen LogP contribution in [0, 0.1) is 0 Å². The maximum Gasteiger partial charge on any atom is -0.00992 e. The van der Waals surface area contributed by atoms with Crippen LogP contribution in [0.25, 0.3) is 33.0 Å². The van der Waals surface area contributed by atoms with Gasteiger partial charge in [-0.1, -0.05) is 125 Å². The SMILES string of the molecule is CC.CC.CN.CN.c1ccc(-c2cccc3c(-c4ccccc4)cccc23)cc1. The first-order valence-electron chi connectivity index (χ1n) is 10.7. The molecule has 0 radical (unpaired) electrons. The van der Waals surface area contributed by atoms with Crippen molar-refractivity contribution < 1.29 is 0 Å². The molecule has 0 aliphatic heterocycles. The molecule has 2 nitrogen and oxygen atoms in total. The van der Waals surface area contributed by atoms with Crippen LogP contribution in [-0.2, 0) is 0 Å². The van der Waals surface area contributed by atoms with Gasteiger partial charge in [-0.05, 0) is 47.1 Å². The minimum absolute atomic E-state index is 1.26. The Kier molecular flexibility index (Phi) is 15.3. The van der Waals surface area contributed by atoms with E-state index in [-0.39, 0.29) is 0 Å². The molecule has 2 heteroatoms. The molecule has 0 amide bonds. The van der Waals surface area contributed by atoms with Gasteiger partial charge in [0.25, 0.3) is 0 Å². The topological polar surface area (TPSA) is 52.0 Å².